The van der Waals surface area contributed by atoms with E-state index in [1.54, 1.807) is 0 Å². The van der Waals surface area contributed by atoms with Crippen LogP contribution in [0.4, 0.5) is 17.1 Å². The van der Waals surface area contributed by atoms with Crippen LogP contribution >= 0.6 is 0 Å². The second kappa shape index (κ2) is 10.4. The summed E-state index contributed by atoms with van der Waals surface area (Å²) in [6.45, 7) is 4.70. The first-order valence-electron chi connectivity index (χ1n) is 17.0. The van der Waals surface area contributed by atoms with Crippen molar-refractivity contribution in [3.05, 3.63) is 175 Å². The van der Waals surface area contributed by atoms with Gasteiger partial charge in [-0.05, 0) is 91.8 Å². The summed E-state index contributed by atoms with van der Waals surface area (Å²) in [5, 5.41) is 7.04. The van der Waals surface area contributed by atoms with Crippen molar-refractivity contribution in [1.29, 1.82) is 0 Å². The predicted octanol–water partition coefficient (Wildman–Crippen LogP) is 13.3. The standard InChI is InChI=1S/C47H33NO/c1-47(2)40-20-11-10-19-37(40)38-26-25-35(29-41(38)47)48(34-24-23-30-13-6-7-16-32(30)27-34)42-21-12-22-43-45(42)39-28-33-17-8-9-18-36(33)44(46(39)49-43)31-14-4-3-5-15-31/h3-29H,1-2H3. The van der Waals surface area contributed by atoms with Gasteiger partial charge in [0.2, 0.25) is 0 Å². The van der Waals surface area contributed by atoms with E-state index in [0.717, 1.165) is 50.1 Å². The van der Waals surface area contributed by atoms with Gasteiger partial charge in [0.1, 0.15) is 11.2 Å². The van der Waals surface area contributed by atoms with Gasteiger partial charge >= 0.3 is 0 Å². The van der Waals surface area contributed by atoms with Crippen molar-refractivity contribution in [3.8, 4) is 22.3 Å². The van der Waals surface area contributed by atoms with Crippen LogP contribution in [0.2, 0.25) is 0 Å². The van der Waals surface area contributed by atoms with E-state index in [2.05, 4.69) is 183 Å². The second-order valence-corrected chi connectivity index (χ2v) is 13.7. The molecule has 0 saturated heterocycles. The molecule has 8 aromatic carbocycles. The van der Waals surface area contributed by atoms with E-state index in [0.29, 0.717) is 0 Å². The molecule has 10 rings (SSSR count). The van der Waals surface area contributed by atoms with Crippen LogP contribution in [0.5, 0.6) is 0 Å². The SMILES string of the molecule is CC1(C)c2ccccc2-c2ccc(N(c3ccc4ccccc4c3)c3cccc4oc5c(-c6ccccc6)c6ccccc6cc5c34)cc21. The summed E-state index contributed by atoms with van der Waals surface area (Å²) >= 11 is 0. The van der Waals surface area contributed by atoms with Gasteiger partial charge in [0.25, 0.3) is 0 Å². The molecule has 1 aliphatic carbocycles. The Balaban J connectivity index is 1.28. The Labute approximate surface area is 285 Å². The molecular formula is C47H33NO. The molecule has 232 valence electrons. The first-order valence-corrected chi connectivity index (χ1v) is 17.0. The van der Waals surface area contributed by atoms with Crippen LogP contribution < -0.4 is 4.90 Å². The van der Waals surface area contributed by atoms with Gasteiger partial charge in [-0.15, -0.1) is 0 Å². The van der Waals surface area contributed by atoms with Gasteiger partial charge in [0.15, 0.2) is 0 Å². The number of nitrogens with zero attached hydrogens (tertiary/aromatic N) is 1. The van der Waals surface area contributed by atoms with Crippen molar-refractivity contribution in [2.24, 2.45) is 0 Å². The normalized spacial score (nSPS) is 13.3. The van der Waals surface area contributed by atoms with Crippen LogP contribution in [0.15, 0.2) is 168 Å². The maximum atomic E-state index is 6.90. The average Bonchev–Trinajstić information content (AvgIpc) is 3.63. The Morgan fingerprint density at radius 3 is 2.06 bits per heavy atom. The highest BCUT2D eigenvalue weighted by molar-refractivity contribution is 6.22. The lowest BCUT2D eigenvalue weighted by atomic mass is 9.82. The quantitative estimate of drug-likeness (QED) is 0.193. The molecule has 0 radical (unpaired) electrons. The highest BCUT2D eigenvalue weighted by Gasteiger charge is 2.36. The first kappa shape index (κ1) is 27.9. The average molecular weight is 628 g/mol. The molecular weight excluding hydrogens is 595 g/mol. The van der Waals surface area contributed by atoms with Gasteiger partial charge in [0.05, 0.1) is 11.1 Å². The third-order valence-electron chi connectivity index (χ3n) is 10.6. The fraction of sp³-hybridized carbons (Fsp3) is 0.0638. The lowest BCUT2D eigenvalue weighted by molar-refractivity contribution is 0.660. The molecule has 0 fully saturated rings. The van der Waals surface area contributed by atoms with Gasteiger partial charge in [-0.25, -0.2) is 0 Å². The minimum absolute atomic E-state index is 0.116. The number of anilines is 3. The van der Waals surface area contributed by atoms with Gasteiger partial charge in [-0.3, -0.25) is 0 Å². The van der Waals surface area contributed by atoms with E-state index in [9.17, 15) is 0 Å². The Morgan fingerprint density at radius 1 is 0.490 bits per heavy atom. The van der Waals surface area contributed by atoms with Gasteiger partial charge in [-0.2, -0.15) is 0 Å². The number of rotatable bonds is 4. The second-order valence-electron chi connectivity index (χ2n) is 13.7. The molecule has 2 heteroatoms. The fourth-order valence-corrected chi connectivity index (χ4v) is 8.26. The van der Waals surface area contributed by atoms with E-state index < -0.39 is 0 Å². The van der Waals surface area contributed by atoms with Crippen LogP contribution in [0.3, 0.4) is 0 Å². The van der Waals surface area contributed by atoms with E-state index >= 15 is 0 Å². The van der Waals surface area contributed by atoms with Crippen molar-refractivity contribution in [2.75, 3.05) is 4.90 Å². The molecule has 1 aromatic heterocycles. The summed E-state index contributed by atoms with van der Waals surface area (Å²) in [6.07, 6.45) is 0. The van der Waals surface area contributed by atoms with Crippen LogP contribution in [0, 0.1) is 0 Å². The minimum atomic E-state index is -0.116. The zero-order valence-corrected chi connectivity index (χ0v) is 27.4. The Morgan fingerprint density at radius 2 is 1.18 bits per heavy atom. The number of hydrogen-bond acceptors (Lipinski definition) is 2. The monoisotopic (exact) mass is 627 g/mol. The summed E-state index contributed by atoms with van der Waals surface area (Å²) in [5.74, 6) is 0. The summed E-state index contributed by atoms with van der Waals surface area (Å²) in [4.78, 5) is 2.43. The number of fused-ring (bicyclic) bond motifs is 8. The molecule has 0 amide bonds. The number of benzene rings is 8. The van der Waals surface area contributed by atoms with Crippen LogP contribution in [-0.2, 0) is 5.41 Å². The zero-order chi connectivity index (χ0) is 32.7. The Kier molecular flexibility index (Phi) is 5.95. The molecule has 0 N–H and O–H groups in total. The first-order chi connectivity index (χ1) is 24.1. The minimum Gasteiger partial charge on any atom is -0.455 e. The highest BCUT2D eigenvalue weighted by Crippen LogP contribution is 2.52. The van der Waals surface area contributed by atoms with E-state index in [-0.39, 0.29) is 5.41 Å². The summed E-state index contributed by atoms with van der Waals surface area (Å²) in [5.41, 5.74) is 12.6. The molecule has 0 atom stereocenters. The Bertz CT molecular complexity index is 2750. The van der Waals surface area contributed by atoms with E-state index in [1.165, 1.54) is 43.8 Å². The summed E-state index contributed by atoms with van der Waals surface area (Å²) in [7, 11) is 0. The predicted molar refractivity (Wildman–Crippen MR) is 206 cm³/mol. The van der Waals surface area contributed by atoms with Crippen molar-refractivity contribution in [3.63, 3.8) is 0 Å². The van der Waals surface area contributed by atoms with Crippen molar-refractivity contribution in [2.45, 2.75) is 19.3 Å². The molecule has 0 aliphatic heterocycles. The van der Waals surface area contributed by atoms with Gasteiger partial charge in [0, 0.05) is 27.7 Å². The van der Waals surface area contributed by atoms with Crippen LogP contribution in [-0.4, -0.2) is 0 Å². The van der Waals surface area contributed by atoms with Gasteiger partial charge < -0.3 is 9.32 Å². The van der Waals surface area contributed by atoms with E-state index in [1.807, 2.05) is 0 Å². The largest absolute Gasteiger partial charge is 0.455 e. The van der Waals surface area contributed by atoms with Crippen molar-refractivity contribution >= 4 is 60.5 Å². The van der Waals surface area contributed by atoms with Crippen molar-refractivity contribution in [1.82, 2.24) is 0 Å². The molecule has 0 unspecified atom stereocenters. The maximum Gasteiger partial charge on any atom is 0.143 e. The number of hydrogen-bond donors (Lipinski definition) is 0. The molecule has 0 saturated carbocycles. The summed E-state index contributed by atoms with van der Waals surface area (Å²) < 4.78 is 6.90. The molecule has 0 bridgehead atoms. The fourth-order valence-electron chi connectivity index (χ4n) is 8.26. The zero-order valence-electron chi connectivity index (χ0n) is 27.4. The van der Waals surface area contributed by atoms with Gasteiger partial charge in [-0.1, -0.05) is 135 Å². The summed E-state index contributed by atoms with van der Waals surface area (Å²) in [6, 6.07) is 59.4. The maximum absolute atomic E-state index is 6.90. The molecule has 2 nitrogen and oxygen atoms in total. The topological polar surface area (TPSA) is 16.4 Å². The third-order valence-corrected chi connectivity index (χ3v) is 10.6. The molecule has 1 aliphatic rings. The lowest BCUT2D eigenvalue weighted by Gasteiger charge is -2.29. The third kappa shape index (κ3) is 4.14. The lowest BCUT2D eigenvalue weighted by Crippen LogP contribution is -2.16. The molecule has 1 heterocycles. The Hall–Kier alpha value is -6.12. The van der Waals surface area contributed by atoms with Crippen LogP contribution in [0.1, 0.15) is 25.0 Å². The van der Waals surface area contributed by atoms with Crippen LogP contribution in [0.25, 0.3) is 65.7 Å². The van der Waals surface area contributed by atoms with Crippen molar-refractivity contribution < 1.29 is 4.42 Å². The smallest absolute Gasteiger partial charge is 0.143 e. The highest BCUT2D eigenvalue weighted by atomic mass is 16.3. The molecule has 9 aromatic rings. The van der Waals surface area contributed by atoms with E-state index in [4.69, 9.17) is 4.42 Å². The molecule has 0 spiro atoms. The number of furan rings is 1. The molecule has 49 heavy (non-hydrogen) atoms.